The highest BCUT2D eigenvalue weighted by Gasteiger charge is 2.18. The molecule has 0 fully saturated rings. The smallest absolute Gasteiger partial charge is 0.166 e. The van der Waals surface area contributed by atoms with Crippen LogP contribution in [-0.2, 0) is 0 Å². The number of hydrogen-bond donors (Lipinski definition) is 0. The molecule has 2 aromatic carbocycles. The summed E-state index contributed by atoms with van der Waals surface area (Å²) in [7, 11) is 6.17. The number of carbonyl (C=O) groups is 2. The van der Waals surface area contributed by atoms with Crippen molar-refractivity contribution < 1.29 is 28.5 Å². The average molecular weight is 400 g/mol. The maximum atomic E-state index is 12.7. The molecule has 0 heterocycles. The van der Waals surface area contributed by atoms with Gasteiger partial charge >= 0.3 is 0 Å². The molecule has 6 nitrogen and oxygen atoms in total. The normalized spacial score (nSPS) is 10.4. The second kappa shape index (κ2) is 9.96. The van der Waals surface area contributed by atoms with Gasteiger partial charge in [-0.3, -0.25) is 9.59 Å². The number of Topliss-reactive ketones (excluding diaryl/α,β-unsaturated/α-hetero) is 2. The largest absolute Gasteiger partial charge is 0.496 e. The van der Waals surface area contributed by atoms with Gasteiger partial charge in [-0.05, 0) is 55.7 Å². The summed E-state index contributed by atoms with van der Waals surface area (Å²) in [6, 6.07) is 6.93. The van der Waals surface area contributed by atoms with Crippen molar-refractivity contribution in [2.45, 2.75) is 33.1 Å². The van der Waals surface area contributed by atoms with Gasteiger partial charge in [-0.25, -0.2) is 0 Å². The standard InChI is InChI=1S/C23H28O6/c1-14-10-22(28-5)16(12-20(14)26-3)18(24)8-7-9-19(25)17-13-21(27-4)15(2)11-23(17)29-6/h10-13H,7-9H2,1-6H3. The van der Waals surface area contributed by atoms with Crippen molar-refractivity contribution >= 4 is 11.6 Å². The van der Waals surface area contributed by atoms with Crippen molar-refractivity contribution in [3.63, 3.8) is 0 Å². The zero-order valence-corrected chi connectivity index (χ0v) is 17.9. The zero-order valence-electron chi connectivity index (χ0n) is 17.9. The number of benzene rings is 2. The van der Waals surface area contributed by atoms with Crippen LogP contribution >= 0.6 is 0 Å². The van der Waals surface area contributed by atoms with Crippen LogP contribution in [0.25, 0.3) is 0 Å². The van der Waals surface area contributed by atoms with Gasteiger partial charge in [-0.1, -0.05) is 0 Å². The highest BCUT2D eigenvalue weighted by atomic mass is 16.5. The Balaban J connectivity index is 2.10. The number of carbonyl (C=O) groups excluding carboxylic acids is 2. The van der Waals surface area contributed by atoms with Gasteiger partial charge < -0.3 is 18.9 Å². The first kappa shape index (κ1) is 22.3. The van der Waals surface area contributed by atoms with Crippen LogP contribution < -0.4 is 18.9 Å². The lowest BCUT2D eigenvalue weighted by molar-refractivity contribution is 0.0954. The molecular weight excluding hydrogens is 372 g/mol. The van der Waals surface area contributed by atoms with Crippen molar-refractivity contribution in [1.29, 1.82) is 0 Å². The molecular formula is C23H28O6. The minimum Gasteiger partial charge on any atom is -0.496 e. The third-order valence-electron chi connectivity index (χ3n) is 4.84. The Morgan fingerprint density at radius 3 is 1.28 bits per heavy atom. The maximum absolute atomic E-state index is 12.7. The molecule has 0 amide bonds. The summed E-state index contributed by atoms with van der Waals surface area (Å²) in [5, 5.41) is 0. The van der Waals surface area contributed by atoms with Crippen molar-refractivity contribution in [3.05, 3.63) is 46.5 Å². The van der Waals surface area contributed by atoms with E-state index in [0.717, 1.165) is 11.1 Å². The minimum absolute atomic E-state index is 0.0959. The molecule has 156 valence electrons. The van der Waals surface area contributed by atoms with Crippen molar-refractivity contribution in [3.8, 4) is 23.0 Å². The Hall–Kier alpha value is -3.02. The minimum atomic E-state index is -0.0959. The molecule has 0 aliphatic carbocycles. The molecule has 0 aliphatic rings. The van der Waals surface area contributed by atoms with Crippen molar-refractivity contribution in [2.75, 3.05) is 28.4 Å². The van der Waals surface area contributed by atoms with Crippen LogP contribution in [0.1, 0.15) is 51.1 Å². The van der Waals surface area contributed by atoms with E-state index in [-0.39, 0.29) is 24.4 Å². The Kier molecular flexibility index (Phi) is 7.65. The highest BCUT2D eigenvalue weighted by molar-refractivity contribution is 6.01. The quantitative estimate of drug-likeness (QED) is 0.544. The molecule has 2 rings (SSSR count). The first-order valence-corrected chi connectivity index (χ1v) is 9.37. The van der Waals surface area contributed by atoms with Crippen LogP contribution in [0.2, 0.25) is 0 Å². The number of rotatable bonds is 10. The lowest BCUT2D eigenvalue weighted by Crippen LogP contribution is -2.07. The van der Waals surface area contributed by atoms with Gasteiger partial charge in [0.25, 0.3) is 0 Å². The van der Waals surface area contributed by atoms with E-state index in [9.17, 15) is 9.59 Å². The molecule has 0 atom stereocenters. The van der Waals surface area contributed by atoms with Gasteiger partial charge in [-0.2, -0.15) is 0 Å². The van der Waals surface area contributed by atoms with Gasteiger partial charge in [-0.15, -0.1) is 0 Å². The van der Waals surface area contributed by atoms with E-state index in [1.54, 1.807) is 38.5 Å². The number of ketones is 2. The fourth-order valence-corrected chi connectivity index (χ4v) is 3.22. The second-order valence-corrected chi connectivity index (χ2v) is 6.74. The van der Waals surface area contributed by atoms with E-state index in [4.69, 9.17) is 18.9 Å². The predicted octanol–water partition coefficient (Wildman–Crippen LogP) is 4.57. The molecule has 0 unspecified atom stereocenters. The Morgan fingerprint density at radius 1 is 0.621 bits per heavy atom. The van der Waals surface area contributed by atoms with Crippen molar-refractivity contribution in [1.82, 2.24) is 0 Å². The van der Waals surface area contributed by atoms with Crippen molar-refractivity contribution in [2.24, 2.45) is 0 Å². The first-order valence-electron chi connectivity index (χ1n) is 9.37. The fourth-order valence-electron chi connectivity index (χ4n) is 3.22. The molecule has 0 aromatic heterocycles. The van der Waals surface area contributed by atoms with E-state index in [1.165, 1.54) is 14.2 Å². The van der Waals surface area contributed by atoms with E-state index >= 15 is 0 Å². The van der Waals surface area contributed by atoms with E-state index in [2.05, 4.69) is 0 Å². The van der Waals surface area contributed by atoms with E-state index in [0.29, 0.717) is 40.5 Å². The Bertz CT molecular complexity index is 827. The molecule has 0 N–H and O–H groups in total. The number of hydrogen-bond acceptors (Lipinski definition) is 6. The second-order valence-electron chi connectivity index (χ2n) is 6.74. The van der Waals surface area contributed by atoms with Crippen LogP contribution in [-0.4, -0.2) is 40.0 Å². The van der Waals surface area contributed by atoms with E-state index < -0.39 is 0 Å². The summed E-state index contributed by atoms with van der Waals surface area (Å²) in [5.74, 6) is 2.07. The topological polar surface area (TPSA) is 71.1 Å². The molecule has 0 saturated carbocycles. The summed E-state index contributed by atoms with van der Waals surface area (Å²) in [6.45, 7) is 3.77. The van der Waals surface area contributed by atoms with Gasteiger partial charge in [0, 0.05) is 12.8 Å². The Labute approximate surface area is 171 Å². The summed E-state index contributed by atoms with van der Waals surface area (Å²) in [6.07, 6.45) is 0.857. The van der Waals surface area contributed by atoms with Crippen LogP contribution in [0.15, 0.2) is 24.3 Å². The zero-order chi connectivity index (χ0) is 21.6. The predicted molar refractivity (Wildman–Crippen MR) is 111 cm³/mol. The third-order valence-corrected chi connectivity index (χ3v) is 4.84. The summed E-state index contributed by atoms with van der Waals surface area (Å²) < 4.78 is 21.3. The molecule has 0 bridgehead atoms. The molecule has 0 aliphatic heterocycles. The monoisotopic (exact) mass is 400 g/mol. The van der Waals surface area contributed by atoms with E-state index in [1.807, 2.05) is 13.8 Å². The first-order chi connectivity index (χ1) is 13.9. The summed E-state index contributed by atoms with van der Waals surface area (Å²) in [4.78, 5) is 25.4. The summed E-state index contributed by atoms with van der Waals surface area (Å²) >= 11 is 0. The highest BCUT2D eigenvalue weighted by Crippen LogP contribution is 2.31. The fraction of sp³-hybridized carbons (Fsp3) is 0.391. The molecule has 0 saturated heterocycles. The van der Waals surface area contributed by atoms with Crippen LogP contribution in [0.4, 0.5) is 0 Å². The third kappa shape index (κ3) is 5.08. The van der Waals surface area contributed by atoms with Crippen LogP contribution in [0, 0.1) is 13.8 Å². The number of methoxy groups -OCH3 is 4. The Morgan fingerprint density at radius 2 is 0.966 bits per heavy atom. The SMILES string of the molecule is COc1cc(C(=O)CCCC(=O)c2cc(OC)c(C)cc2OC)c(OC)cc1C. The molecule has 0 spiro atoms. The van der Waals surface area contributed by atoms with Gasteiger partial charge in [0.05, 0.1) is 39.6 Å². The maximum Gasteiger partial charge on any atom is 0.166 e. The number of aryl methyl sites for hydroxylation is 2. The lowest BCUT2D eigenvalue weighted by Gasteiger charge is -2.13. The van der Waals surface area contributed by atoms with Gasteiger partial charge in [0.15, 0.2) is 11.6 Å². The average Bonchev–Trinajstić information content (AvgIpc) is 2.72. The van der Waals surface area contributed by atoms with Gasteiger partial charge in [0.1, 0.15) is 23.0 Å². The lowest BCUT2D eigenvalue weighted by atomic mass is 9.98. The molecule has 2 aromatic rings. The van der Waals surface area contributed by atoms with Crippen LogP contribution in [0.5, 0.6) is 23.0 Å². The molecule has 6 heteroatoms. The van der Waals surface area contributed by atoms with Gasteiger partial charge in [0.2, 0.25) is 0 Å². The van der Waals surface area contributed by atoms with Crippen LogP contribution in [0.3, 0.4) is 0 Å². The molecule has 29 heavy (non-hydrogen) atoms. The molecule has 0 radical (unpaired) electrons. The summed E-state index contributed by atoms with van der Waals surface area (Å²) in [5.41, 5.74) is 2.68. The number of ether oxygens (including phenoxy) is 4.